The summed E-state index contributed by atoms with van der Waals surface area (Å²) in [6.07, 6.45) is 4.52. The molecule has 2 rings (SSSR count). The second-order valence-electron chi connectivity index (χ2n) is 5.05. The number of nitrogens with one attached hydrogen (secondary N) is 1. The summed E-state index contributed by atoms with van der Waals surface area (Å²) in [7, 11) is 0. The van der Waals surface area contributed by atoms with E-state index in [1.54, 1.807) is 0 Å². The Kier molecular flexibility index (Phi) is 2.56. The Hall–Kier alpha value is -1.24. The summed E-state index contributed by atoms with van der Waals surface area (Å²) >= 11 is 0. The first kappa shape index (κ1) is 10.3. The topological polar surface area (TPSA) is 15.8 Å². The highest BCUT2D eigenvalue weighted by atomic mass is 14.7. The van der Waals surface area contributed by atoms with E-state index in [-0.39, 0.29) is 0 Å². The van der Waals surface area contributed by atoms with E-state index in [0.717, 1.165) is 6.42 Å². The SMILES string of the molecule is CCC(C)(C)Cc1c[nH]c2ccccc12. The van der Waals surface area contributed by atoms with Crippen molar-refractivity contribution in [2.45, 2.75) is 33.6 Å². The number of hydrogen-bond acceptors (Lipinski definition) is 0. The molecule has 1 N–H and O–H groups in total. The van der Waals surface area contributed by atoms with E-state index in [4.69, 9.17) is 0 Å². The first-order chi connectivity index (χ1) is 7.12. The smallest absolute Gasteiger partial charge is 0.0456 e. The summed E-state index contributed by atoms with van der Waals surface area (Å²) in [6.45, 7) is 6.92. The molecule has 0 bridgehead atoms. The molecule has 1 heteroatoms. The summed E-state index contributed by atoms with van der Waals surface area (Å²) < 4.78 is 0. The van der Waals surface area contributed by atoms with Gasteiger partial charge in [-0.2, -0.15) is 0 Å². The molecular formula is C14H19N. The van der Waals surface area contributed by atoms with Gasteiger partial charge in [0.05, 0.1) is 0 Å². The zero-order chi connectivity index (χ0) is 10.9. The molecule has 1 nitrogen and oxygen atoms in total. The van der Waals surface area contributed by atoms with Crippen LogP contribution in [0.4, 0.5) is 0 Å². The number of H-pyrrole nitrogens is 1. The van der Waals surface area contributed by atoms with E-state index in [1.165, 1.54) is 22.9 Å². The van der Waals surface area contributed by atoms with Crippen molar-refractivity contribution in [2.75, 3.05) is 0 Å². The van der Waals surface area contributed by atoms with Gasteiger partial charge >= 0.3 is 0 Å². The van der Waals surface area contributed by atoms with Crippen LogP contribution in [0, 0.1) is 5.41 Å². The summed E-state index contributed by atoms with van der Waals surface area (Å²) in [6, 6.07) is 8.52. The minimum atomic E-state index is 0.394. The number of benzene rings is 1. The summed E-state index contributed by atoms with van der Waals surface area (Å²) in [5.41, 5.74) is 3.09. The average Bonchev–Trinajstić information content (AvgIpc) is 2.62. The Morgan fingerprint density at radius 3 is 2.67 bits per heavy atom. The van der Waals surface area contributed by atoms with Crippen LogP contribution in [0.2, 0.25) is 0 Å². The minimum absolute atomic E-state index is 0.394. The fourth-order valence-electron chi connectivity index (χ4n) is 1.92. The Morgan fingerprint density at radius 1 is 1.20 bits per heavy atom. The normalized spacial score (nSPS) is 12.2. The van der Waals surface area contributed by atoms with Crippen molar-refractivity contribution in [1.82, 2.24) is 4.98 Å². The second kappa shape index (κ2) is 3.73. The molecule has 0 fully saturated rings. The van der Waals surface area contributed by atoms with E-state index in [2.05, 4.69) is 56.2 Å². The van der Waals surface area contributed by atoms with Crippen LogP contribution in [0.5, 0.6) is 0 Å². The molecule has 1 aromatic carbocycles. The van der Waals surface area contributed by atoms with Crippen molar-refractivity contribution in [3.63, 3.8) is 0 Å². The molecule has 0 aliphatic heterocycles. The Bertz CT molecular complexity index is 451. The summed E-state index contributed by atoms with van der Waals surface area (Å²) in [5, 5.41) is 1.37. The minimum Gasteiger partial charge on any atom is -0.361 e. The fraction of sp³-hybridized carbons (Fsp3) is 0.429. The van der Waals surface area contributed by atoms with Gasteiger partial charge in [0.1, 0.15) is 0 Å². The lowest BCUT2D eigenvalue weighted by Crippen LogP contribution is -2.12. The third-order valence-electron chi connectivity index (χ3n) is 3.30. The number of para-hydroxylation sites is 1. The van der Waals surface area contributed by atoms with Crippen molar-refractivity contribution in [3.8, 4) is 0 Å². The van der Waals surface area contributed by atoms with Crippen molar-refractivity contribution in [1.29, 1.82) is 0 Å². The van der Waals surface area contributed by atoms with Crippen LogP contribution in [0.15, 0.2) is 30.5 Å². The number of aromatic nitrogens is 1. The highest BCUT2D eigenvalue weighted by Crippen LogP contribution is 2.29. The number of hydrogen-bond donors (Lipinski definition) is 1. The van der Waals surface area contributed by atoms with Crippen molar-refractivity contribution in [3.05, 3.63) is 36.0 Å². The van der Waals surface area contributed by atoms with Gasteiger partial charge < -0.3 is 4.98 Å². The molecule has 0 saturated heterocycles. The van der Waals surface area contributed by atoms with Gasteiger partial charge in [-0.05, 0) is 23.5 Å². The van der Waals surface area contributed by atoms with E-state index >= 15 is 0 Å². The lowest BCUT2D eigenvalue weighted by atomic mass is 9.83. The van der Waals surface area contributed by atoms with Crippen LogP contribution < -0.4 is 0 Å². The monoisotopic (exact) mass is 201 g/mol. The Morgan fingerprint density at radius 2 is 1.93 bits per heavy atom. The maximum atomic E-state index is 3.33. The third kappa shape index (κ3) is 2.06. The maximum Gasteiger partial charge on any atom is 0.0456 e. The molecule has 1 heterocycles. The van der Waals surface area contributed by atoms with Gasteiger partial charge in [0.15, 0.2) is 0 Å². The van der Waals surface area contributed by atoms with Gasteiger partial charge in [-0.3, -0.25) is 0 Å². The van der Waals surface area contributed by atoms with E-state index in [9.17, 15) is 0 Å². The maximum absolute atomic E-state index is 3.33. The van der Waals surface area contributed by atoms with Gasteiger partial charge in [-0.15, -0.1) is 0 Å². The van der Waals surface area contributed by atoms with Crippen molar-refractivity contribution in [2.24, 2.45) is 5.41 Å². The molecule has 0 amide bonds. The molecule has 80 valence electrons. The quantitative estimate of drug-likeness (QED) is 0.768. The molecule has 0 saturated carbocycles. The van der Waals surface area contributed by atoms with Crippen LogP contribution in [0.25, 0.3) is 10.9 Å². The van der Waals surface area contributed by atoms with Crippen LogP contribution in [-0.4, -0.2) is 4.98 Å². The van der Waals surface area contributed by atoms with E-state index < -0.39 is 0 Å². The van der Waals surface area contributed by atoms with Crippen molar-refractivity contribution < 1.29 is 0 Å². The number of rotatable bonds is 3. The van der Waals surface area contributed by atoms with Crippen LogP contribution in [-0.2, 0) is 6.42 Å². The number of fused-ring (bicyclic) bond motifs is 1. The van der Waals surface area contributed by atoms with Gasteiger partial charge in [-0.25, -0.2) is 0 Å². The average molecular weight is 201 g/mol. The van der Waals surface area contributed by atoms with E-state index in [1.807, 2.05) is 0 Å². The summed E-state index contributed by atoms with van der Waals surface area (Å²) in [5.74, 6) is 0. The molecule has 0 unspecified atom stereocenters. The van der Waals surface area contributed by atoms with Gasteiger partial charge in [0.25, 0.3) is 0 Å². The summed E-state index contributed by atoms with van der Waals surface area (Å²) in [4.78, 5) is 3.33. The second-order valence-corrected chi connectivity index (χ2v) is 5.05. The highest BCUT2D eigenvalue weighted by molar-refractivity contribution is 5.83. The molecular weight excluding hydrogens is 182 g/mol. The first-order valence-corrected chi connectivity index (χ1v) is 5.67. The molecule has 0 aliphatic rings. The predicted molar refractivity (Wildman–Crippen MR) is 66.1 cm³/mol. The van der Waals surface area contributed by atoms with Crippen LogP contribution >= 0.6 is 0 Å². The van der Waals surface area contributed by atoms with Gasteiger partial charge in [0, 0.05) is 17.1 Å². The van der Waals surface area contributed by atoms with Gasteiger partial charge in [0.2, 0.25) is 0 Å². The molecule has 1 aromatic heterocycles. The van der Waals surface area contributed by atoms with Gasteiger partial charge in [-0.1, -0.05) is 45.4 Å². The molecule has 15 heavy (non-hydrogen) atoms. The van der Waals surface area contributed by atoms with Crippen LogP contribution in [0.3, 0.4) is 0 Å². The van der Waals surface area contributed by atoms with E-state index in [0.29, 0.717) is 5.41 Å². The molecule has 0 spiro atoms. The zero-order valence-electron chi connectivity index (χ0n) is 9.80. The first-order valence-electron chi connectivity index (χ1n) is 5.67. The lowest BCUT2D eigenvalue weighted by molar-refractivity contribution is 0.350. The van der Waals surface area contributed by atoms with Crippen molar-refractivity contribution >= 4 is 10.9 Å². The predicted octanol–water partition coefficient (Wildman–Crippen LogP) is 4.15. The Balaban J connectivity index is 2.37. The third-order valence-corrected chi connectivity index (χ3v) is 3.30. The fourth-order valence-corrected chi connectivity index (χ4v) is 1.92. The Labute approximate surface area is 91.5 Å². The molecule has 0 atom stereocenters. The highest BCUT2D eigenvalue weighted by Gasteiger charge is 2.17. The zero-order valence-corrected chi connectivity index (χ0v) is 9.80. The standard InChI is InChI=1S/C14H19N/c1-4-14(2,3)9-11-10-15-13-8-6-5-7-12(11)13/h5-8,10,15H,4,9H2,1-3H3. The van der Waals surface area contributed by atoms with Crippen LogP contribution in [0.1, 0.15) is 32.8 Å². The molecule has 0 radical (unpaired) electrons. The number of aromatic amines is 1. The lowest BCUT2D eigenvalue weighted by Gasteiger charge is -2.21. The molecule has 0 aliphatic carbocycles. The molecule has 2 aromatic rings. The largest absolute Gasteiger partial charge is 0.361 e.